The molecule has 13 nitrogen and oxygen atoms in total. The van der Waals surface area contributed by atoms with Gasteiger partial charge in [-0.2, -0.15) is 11.8 Å². The number of nitrogens with one attached hydrogen (secondary N) is 3. The Morgan fingerprint density at radius 3 is 2.00 bits per heavy atom. The average Bonchev–Trinajstić information content (AvgIpc) is 2.74. The predicted molar refractivity (Wildman–Crippen MR) is 131 cm³/mol. The maximum absolute atomic E-state index is 13.0. The number of guanidine groups is 1. The normalized spacial score (nSPS) is 15.4. The lowest BCUT2D eigenvalue weighted by atomic mass is 10.0. The highest BCUT2D eigenvalue weighted by atomic mass is 32.2. The number of rotatable bonds is 16. The van der Waals surface area contributed by atoms with Gasteiger partial charge in [-0.25, -0.2) is 4.79 Å². The molecule has 14 heteroatoms. The number of amides is 3. The van der Waals surface area contributed by atoms with Crippen LogP contribution in [0.3, 0.4) is 0 Å². The molecule has 0 saturated carbocycles. The molecule has 0 heterocycles. The minimum Gasteiger partial charge on any atom is -0.480 e. The fourth-order valence-corrected chi connectivity index (χ4v) is 3.27. The Balaban J connectivity index is 5.53. The van der Waals surface area contributed by atoms with E-state index >= 15 is 0 Å². The van der Waals surface area contributed by atoms with Gasteiger partial charge in [-0.1, -0.05) is 13.8 Å². The van der Waals surface area contributed by atoms with Crippen LogP contribution in [-0.4, -0.2) is 88.7 Å². The Labute approximate surface area is 204 Å². The van der Waals surface area contributed by atoms with Crippen LogP contribution in [0.4, 0.5) is 0 Å². The molecule has 11 N–H and O–H groups in total. The summed E-state index contributed by atoms with van der Waals surface area (Å²) in [6.45, 7) is 4.93. The van der Waals surface area contributed by atoms with E-state index in [2.05, 4.69) is 20.9 Å². The zero-order chi connectivity index (χ0) is 26.4. The van der Waals surface area contributed by atoms with Crippen molar-refractivity contribution in [3.8, 4) is 0 Å². The van der Waals surface area contributed by atoms with Crippen molar-refractivity contribution in [1.82, 2.24) is 16.0 Å². The third kappa shape index (κ3) is 12.0. The molecule has 0 aromatic carbocycles. The van der Waals surface area contributed by atoms with Crippen molar-refractivity contribution in [3.63, 3.8) is 0 Å². The number of carboxylic acids is 1. The van der Waals surface area contributed by atoms with Crippen LogP contribution in [0, 0.1) is 5.92 Å². The van der Waals surface area contributed by atoms with E-state index in [0.29, 0.717) is 12.2 Å². The van der Waals surface area contributed by atoms with Crippen molar-refractivity contribution in [2.75, 3.05) is 18.6 Å². The maximum atomic E-state index is 13.0. The highest BCUT2D eigenvalue weighted by Gasteiger charge is 2.32. The van der Waals surface area contributed by atoms with Crippen molar-refractivity contribution >= 4 is 41.4 Å². The lowest BCUT2D eigenvalue weighted by Crippen LogP contribution is -2.59. The van der Waals surface area contributed by atoms with Gasteiger partial charge in [0.1, 0.15) is 24.2 Å². The Morgan fingerprint density at radius 1 is 0.941 bits per heavy atom. The number of thioether (sulfide) groups is 1. The predicted octanol–water partition coefficient (Wildman–Crippen LogP) is -2.30. The number of aliphatic hydroxyl groups is 1. The third-order valence-corrected chi connectivity index (χ3v) is 5.52. The van der Waals surface area contributed by atoms with E-state index in [9.17, 15) is 29.4 Å². The molecular formula is C20H39N7O6S. The summed E-state index contributed by atoms with van der Waals surface area (Å²) in [5.74, 6) is -3.22. The highest BCUT2D eigenvalue weighted by molar-refractivity contribution is 7.98. The number of hydrogen-bond donors (Lipinski definition) is 8. The molecule has 0 aliphatic carbocycles. The lowest BCUT2D eigenvalue weighted by Gasteiger charge is -2.27. The van der Waals surface area contributed by atoms with Gasteiger partial charge in [0.25, 0.3) is 0 Å². The molecule has 0 aliphatic heterocycles. The Hall–Kier alpha value is -2.58. The second-order valence-corrected chi connectivity index (χ2v) is 9.17. The molecule has 5 unspecified atom stereocenters. The Bertz CT molecular complexity index is 716. The van der Waals surface area contributed by atoms with E-state index < -0.39 is 54.0 Å². The van der Waals surface area contributed by atoms with Gasteiger partial charge in [0, 0.05) is 6.54 Å². The molecule has 0 radical (unpaired) electrons. The van der Waals surface area contributed by atoms with E-state index in [1.54, 1.807) is 13.8 Å². The molecule has 0 rings (SSSR count). The second-order valence-electron chi connectivity index (χ2n) is 8.19. The van der Waals surface area contributed by atoms with Gasteiger partial charge in [-0.15, -0.1) is 0 Å². The molecular weight excluding hydrogens is 466 g/mol. The molecule has 0 aromatic rings. The van der Waals surface area contributed by atoms with Crippen LogP contribution < -0.4 is 33.2 Å². The number of carboxylic acid groups (broad SMARTS) is 1. The first-order valence-corrected chi connectivity index (χ1v) is 12.3. The summed E-state index contributed by atoms with van der Waals surface area (Å²) in [5, 5.41) is 26.5. The van der Waals surface area contributed by atoms with E-state index in [4.69, 9.17) is 17.2 Å². The first-order chi connectivity index (χ1) is 15.8. The van der Waals surface area contributed by atoms with Crippen LogP contribution in [-0.2, 0) is 19.2 Å². The second kappa shape index (κ2) is 16.1. The van der Waals surface area contributed by atoms with Gasteiger partial charge in [0.05, 0.1) is 6.10 Å². The van der Waals surface area contributed by atoms with E-state index in [-0.39, 0.29) is 31.3 Å². The molecule has 3 amide bonds. The molecule has 0 fully saturated rings. The summed E-state index contributed by atoms with van der Waals surface area (Å²) in [4.78, 5) is 53.5. The SMILES string of the molecule is CSCCC(NC(=O)C(CCCN=C(N)N)NC(=O)C(NC(=O)C(N)C(C)O)C(C)C)C(=O)O. The fraction of sp³-hybridized carbons (Fsp3) is 0.750. The van der Waals surface area contributed by atoms with Crippen LogP contribution in [0.15, 0.2) is 4.99 Å². The van der Waals surface area contributed by atoms with Crippen LogP contribution in [0.2, 0.25) is 0 Å². The Kier molecular flexibility index (Phi) is 14.9. The van der Waals surface area contributed by atoms with E-state index in [1.165, 1.54) is 18.7 Å². The number of aliphatic imine (C=N–C) groups is 1. The maximum Gasteiger partial charge on any atom is 0.326 e. The third-order valence-electron chi connectivity index (χ3n) is 4.87. The summed E-state index contributed by atoms with van der Waals surface area (Å²) >= 11 is 1.44. The zero-order valence-electron chi connectivity index (χ0n) is 20.1. The smallest absolute Gasteiger partial charge is 0.326 e. The van der Waals surface area contributed by atoms with Gasteiger partial charge in [-0.3, -0.25) is 19.4 Å². The number of aliphatic hydroxyl groups excluding tert-OH is 1. The number of aliphatic carboxylic acids is 1. The number of hydrogen-bond acceptors (Lipinski definition) is 8. The number of carbonyl (C=O) groups is 4. The number of carbonyl (C=O) groups excluding carboxylic acids is 3. The fourth-order valence-electron chi connectivity index (χ4n) is 2.80. The molecule has 0 spiro atoms. The van der Waals surface area contributed by atoms with Gasteiger partial charge in [0.2, 0.25) is 17.7 Å². The molecule has 0 aliphatic rings. The van der Waals surface area contributed by atoms with Crippen molar-refractivity contribution in [2.24, 2.45) is 28.1 Å². The first-order valence-electron chi connectivity index (χ1n) is 10.9. The van der Waals surface area contributed by atoms with Crippen molar-refractivity contribution in [1.29, 1.82) is 0 Å². The average molecular weight is 506 g/mol. The van der Waals surface area contributed by atoms with Gasteiger partial charge < -0.3 is 43.4 Å². The molecule has 196 valence electrons. The van der Waals surface area contributed by atoms with Crippen LogP contribution in [0.25, 0.3) is 0 Å². The summed E-state index contributed by atoms with van der Waals surface area (Å²) < 4.78 is 0. The highest BCUT2D eigenvalue weighted by Crippen LogP contribution is 2.08. The van der Waals surface area contributed by atoms with Gasteiger partial charge in [0.15, 0.2) is 5.96 Å². The van der Waals surface area contributed by atoms with Crippen molar-refractivity contribution in [3.05, 3.63) is 0 Å². The van der Waals surface area contributed by atoms with E-state index in [1.807, 2.05) is 6.26 Å². The summed E-state index contributed by atoms with van der Waals surface area (Å²) in [7, 11) is 0. The number of nitrogens with two attached hydrogens (primary N) is 3. The molecule has 5 atom stereocenters. The topological polar surface area (TPSA) is 235 Å². The lowest BCUT2D eigenvalue weighted by molar-refractivity contribution is -0.142. The van der Waals surface area contributed by atoms with E-state index in [0.717, 1.165) is 0 Å². The standard InChI is InChI=1S/C20H39N7O6S/c1-10(2)15(27-17(30)14(21)11(3)28)18(31)25-12(6-5-8-24-20(22)23)16(29)26-13(19(32)33)7-9-34-4/h10-15,28H,5-9,21H2,1-4H3,(H,25,31)(H,26,29)(H,27,30)(H,32,33)(H4,22,23,24). The minimum absolute atomic E-state index is 0.120. The summed E-state index contributed by atoms with van der Waals surface area (Å²) in [6, 6.07) is -4.50. The monoisotopic (exact) mass is 505 g/mol. The minimum atomic E-state index is -1.24. The van der Waals surface area contributed by atoms with Crippen molar-refractivity contribution < 1.29 is 29.4 Å². The summed E-state index contributed by atoms with van der Waals surface area (Å²) in [6.07, 6.45) is 1.34. The first kappa shape index (κ1) is 31.4. The van der Waals surface area contributed by atoms with Crippen LogP contribution in [0.1, 0.15) is 40.0 Å². The zero-order valence-corrected chi connectivity index (χ0v) is 20.9. The quantitative estimate of drug-likeness (QED) is 0.0634. The molecule has 0 saturated heterocycles. The molecule has 34 heavy (non-hydrogen) atoms. The summed E-state index contributed by atoms with van der Waals surface area (Å²) in [5.41, 5.74) is 16.2. The van der Waals surface area contributed by atoms with Crippen LogP contribution in [0.5, 0.6) is 0 Å². The van der Waals surface area contributed by atoms with Crippen molar-refractivity contribution in [2.45, 2.75) is 70.3 Å². The molecule has 0 aromatic heterocycles. The van der Waals surface area contributed by atoms with Gasteiger partial charge >= 0.3 is 5.97 Å². The number of nitrogens with zero attached hydrogens (tertiary/aromatic N) is 1. The largest absolute Gasteiger partial charge is 0.480 e. The van der Waals surface area contributed by atoms with Crippen LogP contribution >= 0.6 is 11.8 Å². The molecule has 0 bridgehead atoms. The van der Waals surface area contributed by atoms with Gasteiger partial charge in [-0.05, 0) is 44.1 Å². The Morgan fingerprint density at radius 2 is 1.53 bits per heavy atom.